The van der Waals surface area contributed by atoms with Gasteiger partial charge in [-0.1, -0.05) is 0 Å². The largest absolute Gasteiger partial charge is 0.385 e. The highest BCUT2D eigenvalue weighted by atomic mass is 16.5. The summed E-state index contributed by atoms with van der Waals surface area (Å²) in [6, 6.07) is 0.234. The van der Waals surface area contributed by atoms with Crippen molar-refractivity contribution >= 4 is 0 Å². The molecule has 0 aromatic heterocycles. The molecule has 1 fully saturated rings. The van der Waals surface area contributed by atoms with E-state index in [1.54, 1.807) is 7.11 Å². The summed E-state index contributed by atoms with van der Waals surface area (Å²) in [5, 5.41) is 3.52. The molecule has 1 unspecified atom stereocenters. The van der Waals surface area contributed by atoms with E-state index in [4.69, 9.17) is 10.5 Å². The minimum absolute atomic E-state index is 0.234. The monoisotopic (exact) mass is 186 g/mol. The molecule has 13 heavy (non-hydrogen) atoms. The molecule has 0 aromatic rings. The summed E-state index contributed by atoms with van der Waals surface area (Å²) < 4.78 is 4.98. The van der Waals surface area contributed by atoms with Crippen LogP contribution in [0.15, 0.2) is 0 Å². The van der Waals surface area contributed by atoms with Crippen molar-refractivity contribution in [1.82, 2.24) is 5.32 Å². The van der Waals surface area contributed by atoms with Gasteiger partial charge in [0.2, 0.25) is 0 Å². The van der Waals surface area contributed by atoms with E-state index in [-0.39, 0.29) is 6.04 Å². The molecule has 1 rings (SSSR count). The van der Waals surface area contributed by atoms with E-state index in [0.717, 1.165) is 19.6 Å². The lowest BCUT2D eigenvalue weighted by Gasteiger charge is -2.40. The second kappa shape index (κ2) is 4.94. The maximum atomic E-state index is 5.90. The number of rotatable bonds is 6. The Balaban J connectivity index is 2.03. The van der Waals surface area contributed by atoms with Gasteiger partial charge in [-0.2, -0.15) is 0 Å². The number of nitrogens with one attached hydrogen (secondary N) is 1. The van der Waals surface area contributed by atoms with Gasteiger partial charge >= 0.3 is 0 Å². The fourth-order valence-corrected chi connectivity index (χ4v) is 1.63. The summed E-state index contributed by atoms with van der Waals surface area (Å²) in [4.78, 5) is 0. The Labute approximate surface area is 81.0 Å². The molecule has 0 aromatic carbocycles. The van der Waals surface area contributed by atoms with Crippen molar-refractivity contribution in [1.29, 1.82) is 0 Å². The predicted molar refractivity (Wildman–Crippen MR) is 54.7 cm³/mol. The predicted octanol–water partition coefficient (Wildman–Crippen LogP) is 0.882. The van der Waals surface area contributed by atoms with E-state index in [9.17, 15) is 0 Å². The second-order valence-electron chi connectivity index (χ2n) is 4.34. The first kappa shape index (κ1) is 11.0. The van der Waals surface area contributed by atoms with Crippen LogP contribution < -0.4 is 11.1 Å². The van der Waals surface area contributed by atoms with Crippen molar-refractivity contribution in [2.75, 3.05) is 20.3 Å². The first-order valence-corrected chi connectivity index (χ1v) is 5.16. The van der Waals surface area contributed by atoms with Gasteiger partial charge in [0.05, 0.1) is 0 Å². The molecule has 1 atom stereocenters. The molecule has 1 aliphatic carbocycles. The van der Waals surface area contributed by atoms with E-state index in [1.807, 2.05) is 0 Å². The molecule has 0 bridgehead atoms. The van der Waals surface area contributed by atoms with Crippen molar-refractivity contribution < 1.29 is 4.74 Å². The number of nitrogens with two attached hydrogens (primary N) is 1. The van der Waals surface area contributed by atoms with Crippen molar-refractivity contribution in [2.45, 2.75) is 44.2 Å². The highest BCUT2D eigenvalue weighted by Gasteiger charge is 2.30. The molecule has 0 radical (unpaired) electrons. The van der Waals surface area contributed by atoms with E-state index < -0.39 is 0 Å². The second-order valence-corrected chi connectivity index (χ2v) is 4.34. The van der Waals surface area contributed by atoms with Crippen LogP contribution in [0.2, 0.25) is 0 Å². The molecule has 1 saturated carbocycles. The highest BCUT2D eigenvalue weighted by molar-refractivity contribution is 4.92. The van der Waals surface area contributed by atoms with Crippen LogP contribution in [0.5, 0.6) is 0 Å². The van der Waals surface area contributed by atoms with Crippen molar-refractivity contribution in [3.63, 3.8) is 0 Å². The number of hydrogen-bond acceptors (Lipinski definition) is 3. The molecule has 0 spiro atoms. The summed E-state index contributed by atoms with van der Waals surface area (Å²) in [6.07, 6.45) is 4.89. The van der Waals surface area contributed by atoms with Crippen molar-refractivity contribution in [3.05, 3.63) is 0 Å². The molecule has 1 aliphatic rings. The Kier molecular flexibility index (Phi) is 4.16. The van der Waals surface area contributed by atoms with Crippen LogP contribution in [0.25, 0.3) is 0 Å². The highest BCUT2D eigenvalue weighted by Crippen LogP contribution is 2.30. The van der Waals surface area contributed by atoms with Gasteiger partial charge in [-0.15, -0.1) is 0 Å². The normalized spacial score (nSPS) is 22.4. The fourth-order valence-electron chi connectivity index (χ4n) is 1.63. The molecule has 0 saturated heterocycles. The van der Waals surface area contributed by atoms with Gasteiger partial charge < -0.3 is 15.8 Å². The van der Waals surface area contributed by atoms with Gasteiger partial charge in [-0.05, 0) is 32.6 Å². The van der Waals surface area contributed by atoms with Gasteiger partial charge in [0.15, 0.2) is 0 Å². The summed E-state index contributed by atoms with van der Waals surface area (Å²) in [6.45, 7) is 3.96. The van der Waals surface area contributed by atoms with Gasteiger partial charge in [0, 0.05) is 31.8 Å². The Morgan fingerprint density at radius 3 is 2.69 bits per heavy atom. The number of ether oxygens (including phenoxy) is 1. The SMILES string of the molecule is COCCC(N)CNC1(C)CCC1. The van der Waals surface area contributed by atoms with Crippen LogP contribution in [0, 0.1) is 0 Å². The van der Waals surface area contributed by atoms with Gasteiger partial charge in [0.1, 0.15) is 0 Å². The van der Waals surface area contributed by atoms with Crippen LogP contribution >= 0.6 is 0 Å². The van der Waals surface area contributed by atoms with E-state index in [2.05, 4.69) is 12.2 Å². The Hall–Kier alpha value is -0.120. The summed E-state index contributed by atoms with van der Waals surface area (Å²) in [7, 11) is 1.72. The first-order chi connectivity index (χ1) is 6.16. The molecular weight excluding hydrogens is 164 g/mol. The zero-order valence-electron chi connectivity index (χ0n) is 8.81. The lowest BCUT2D eigenvalue weighted by atomic mass is 9.78. The third-order valence-electron chi connectivity index (χ3n) is 2.94. The van der Waals surface area contributed by atoms with Crippen molar-refractivity contribution in [2.24, 2.45) is 5.73 Å². The summed E-state index contributed by atoms with van der Waals surface area (Å²) in [5.74, 6) is 0. The third kappa shape index (κ3) is 3.63. The molecule has 0 heterocycles. The van der Waals surface area contributed by atoms with Crippen molar-refractivity contribution in [3.8, 4) is 0 Å². The van der Waals surface area contributed by atoms with Crippen LogP contribution in [0.1, 0.15) is 32.6 Å². The molecular formula is C10H22N2O. The van der Waals surface area contributed by atoms with E-state index >= 15 is 0 Å². The lowest BCUT2D eigenvalue weighted by molar-refractivity contribution is 0.175. The Morgan fingerprint density at radius 2 is 2.23 bits per heavy atom. The van der Waals surface area contributed by atoms with E-state index in [1.165, 1.54) is 19.3 Å². The molecule has 3 heteroatoms. The zero-order chi connectivity index (χ0) is 9.73. The average Bonchev–Trinajstić information content (AvgIpc) is 2.08. The van der Waals surface area contributed by atoms with Crippen LogP contribution in [0.3, 0.4) is 0 Å². The van der Waals surface area contributed by atoms with Crippen LogP contribution in [-0.4, -0.2) is 31.8 Å². The van der Waals surface area contributed by atoms with Gasteiger partial charge in [-0.25, -0.2) is 0 Å². The van der Waals surface area contributed by atoms with Gasteiger partial charge in [-0.3, -0.25) is 0 Å². The third-order valence-corrected chi connectivity index (χ3v) is 2.94. The smallest absolute Gasteiger partial charge is 0.0477 e. The number of methoxy groups -OCH3 is 1. The zero-order valence-corrected chi connectivity index (χ0v) is 8.81. The van der Waals surface area contributed by atoms with E-state index in [0.29, 0.717) is 5.54 Å². The Morgan fingerprint density at radius 1 is 1.54 bits per heavy atom. The molecule has 0 amide bonds. The Bertz CT molecular complexity index is 146. The number of hydrogen-bond donors (Lipinski definition) is 2. The maximum absolute atomic E-state index is 5.90. The standard InChI is InChI=1S/C10H22N2O/c1-10(5-3-6-10)12-8-9(11)4-7-13-2/h9,12H,3-8,11H2,1-2H3. The fraction of sp³-hybridized carbons (Fsp3) is 1.00. The first-order valence-electron chi connectivity index (χ1n) is 5.16. The molecule has 3 N–H and O–H groups in total. The minimum atomic E-state index is 0.234. The molecule has 78 valence electrons. The summed E-state index contributed by atoms with van der Waals surface area (Å²) >= 11 is 0. The lowest BCUT2D eigenvalue weighted by Crippen LogP contribution is -2.52. The van der Waals surface area contributed by atoms with Crippen LogP contribution in [0.4, 0.5) is 0 Å². The van der Waals surface area contributed by atoms with Gasteiger partial charge in [0.25, 0.3) is 0 Å². The van der Waals surface area contributed by atoms with Crippen LogP contribution in [-0.2, 0) is 4.74 Å². The maximum Gasteiger partial charge on any atom is 0.0477 e. The minimum Gasteiger partial charge on any atom is -0.385 e. The quantitative estimate of drug-likeness (QED) is 0.647. The molecule has 3 nitrogen and oxygen atoms in total. The summed E-state index contributed by atoms with van der Waals surface area (Å²) in [5.41, 5.74) is 6.28. The topological polar surface area (TPSA) is 47.3 Å². The average molecular weight is 186 g/mol. The molecule has 0 aliphatic heterocycles.